The molecular weight excluding hydrogens is 274 g/mol. The smallest absolute Gasteiger partial charge is 0.228 e. The van der Waals surface area contributed by atoms with E-state index in [9.17, 15) is 4.79 Å². The highest BCUT2D eigenvalue weighted by molar-refractivity contribution is 5.92. The zero-order chi connectivity index (χ0) is 15.9. The highest BCUT2D eigenvalue weighted by atomic mass is 16.1. The van der Waals surface area contributed by atoms with Crippen LogP contribution in [0.4, 0.5) is 11.4 Å². The summed E-state index contributed by atoms with van der Waals surface area (Å²) in [7, 11) is 0. The van der Waals surface area contributed by atoms with E-state index in [-0.39, 0.29) is 17.9 Å². The molecule has 0 spiro atoms. The van der Waals surface area contributed by atoms with Crippen LogP contribution in [0.25, 0.3) is 0 Å². The van der Waals surface area contributed by atoms with Crippen LogP contribution < -0.4 is 16.4 Å². The molecule has 0 aliphatic carbocycles. The van der Waals surface area contributed by atoms with Gasteiger partial charge in [0.25, 0.3) is 0 Å². The predicted molar refractivity (Wildman–Crippen MR) is 91.8 cm³/mol. The zero-order valence-electron chi connectivity index (χ0n) is 13.0. The van der Waals surface area contributed by atoms with Crippen molar-refractivity contribution in [2.75, 3.05) is 17.2 Å². The minimum absolute atomic E-state index is 0.0548. The summed E-state index contributed by atoms with van der Waals surface area (Å²) in [5.74, 6) is -0.239. The number of nitrogens with two attached hydrogens (primary N) is 1. The minimum Gasteiger partial charge on any atom is -0.379 e. The average Bonchev–Trinajstić information content (AvgIpc) is 2.56. The molecule has 4 heteroatoms. The lowest BCUT2D eigenvalue weighted by atomic mass is 10.1. The van der Waals surface area contributed by atoms with E-state index in [0.717, 1.165) is 11.4 Å². The fourth-order valence-corrected chi connectivity index (χ4v) is 2.10. The molecule has 2 aromatic carbocycles. The Morgan fingerprint density at radius 3 is 2.18 bits per heavy atom. The molecule has 22 heavy (non-hydrogen) atoms. The van der Waals surface area contributed by atoms with E-state index in [1.165, 1.54) is 5.56 Å². The lowest BCUT2D eigenvalue weighted by Gasteiger charge is -2.16. The molecule has 0 saturated carbocycles. The van der Waals surface area contributed by atoms with Gasteiger partial charge in [-0.05, 0) is 36.8 Å². The number of amides is 1. The summed E-state index contributed by atoms with van der Waals surface area (Å²) in [5.41, 5.74) is 8.52. The van der Waals surface area contributed by atoms with Crippen LogP contribution in [0, 0.1) is 5.92 Å². The number of rotatable bonds is 6. The van der Waals surface area contributed by atoms with Gasteiger partial charge in [-0.1, -0.05) is 37.3 Å². The van der Waals surface area contributed by atoms with Crippen LogP contribution in [0.3, 0.4) is 0 Å². The topological polar surface area (TPSA) is 67.2 Å². The third-order valence-electron chi connectivity index (χ3n) is 3.64. The summed E-state index contributed by atoms with van der Waals surface area (Å²) < 4.78 is 0. The fraction of sp³-hybridized carbons (Fsp3) is 0.278. The number of carbonyl (C=O) groups excluding carboxylic acids is 1. The van der Waals surface area contributed by atoms with Gasteiger partial charge < -0.3 is 16.4 Å². The van der Waals surface area contributed by atoms with Gasteiger partial charge in [0.15, 0.2) is 0 Å². The number of nitrogens with one attached hydrogen (secondary N) is 2. The van der Waals surface area contributed by atoms with Crippen LogP contribution in [0.15, 0.2) is 54.6 Å². The van der Waals surface area contributed by atoms with Crippen molar-refractivity contribution >= 4 is 17.3 Å². The fourth-order valence-electron chi connectivity index (χ4n) is 2.10. The quantitative estimate of drug-likeness (QED) is 0.765. The second kappa shape index (κ2) is 7.61. The molecule has 2 atom stereocenters. The highest BCUT2D eigenvalue weighted by Crippen LogP contribution is 2.20. The number of hydrogen-bond acceptors (Lipinski definition) is 3. The standard InChI is InChI=1S/C18H23N3O/c1-13(12-19)18(22)21-17-10-8-16(9-11-17)20-14(2)15-6-4-3-5-7-15/h3-11,13-14,20H,12,19H2,1-2H3,(H,21,22). The number of benzene rings is 2. The molecule has 0 saturated heterocycles. The van der Waals surface area contributed by atoms with E-state index in [0.29, 0.717) is 6.54 Å². The van der Waals surface area contributed by atoms with Crippen LogP contribution in [-0.4, -0.2) is 12.5 Å². The summed E-state index contributed by atoms with van der Waals surface area (Å²) in [6.45, 7) is 4.28. The van der Waals surface area contributed by atoms with Gasteiger partial charge >= 0.3 is 0 Å². The molecule has 4 nitrogen and oxygen atoms in total. The van der Waals surface area contributed by atoms with Crippen molar-refractivity contribution in [3.05, 3.63) is 60.2 Å². The van der Waals surface area contributed by atoms with Crippen molar-refractivity contribution in [2.24, 2.45) is 11.7 Å². The molecule has 0 aromatic heterocycles. The van der Waals surface area contributed by atoms with E-state index in [4.69, 9.17) is 5.73 Å². The van der Waals surface area contributed by atoms with Gasteiger partial charge in [0.05, 0.1) is 0 Å². The Bertz CT molecular complexity index is 595. The molecule has 0 heterocycles. The molecule has 2 aromatic rings. The predicted octanol–water partition coefficient (Wildman–Crippen LogP) is 3.39. The van der Waals surface area contributed by atoms with Crippen LogP contribution >= 0.6 is 0 Å². The van der Waals surface area contributed by atoms with Gasteiger partial charge in [0, 0.05) is 29.9 Å². The van der Waals surface area contributed by atoms with E-state index in [1.807, 2.05) is 49.4 Å². The molecule has 0 aliphatic heterocycles. The third-order valence-corrected chi connectivity index (χ3v) is 3.64. The summed E-state index contributed by atoms with van der Waals surface area (Å²) in [5, 5.41) is 6.30. The van der Waals surface area contributed by atoms with E-state index in [2.05, 4.69) is 29.7 Å². The first-order chi connectivity index (χ1) is 10.6. The zero-order valence-corrected chi connectivity index (χ0v) is 13.0. The van der Waals surface area contributed by atoms with Crippen LogP contribution in [0.2, 0.25) is 0 Å². The Kier molecular flexibility index (Phi) is 5.55. The summed E-state index contributed by atoms with van der Waals surface area (Å²) in [6, 6.07) is 18.2. The van der Waals surface area contributed by atoms with Crippen LogP contribution in [0.5, 0.6) is 0 Å². The highest BCUT2D eigenvalue weighted by Gasteiger charge is 2.10. The average molecular weight is 297 g/mol. The molecule has 2 unspecified atom stereocenters. The molecule has 0 radical (unpaired) electrons. The lowest BCUT2D eigenvalue weighted by molar-refractivity contribution is -0.119. The van der Waals surface area contributed by atoms with Crippen LogP contribution in [0.1, 0.15) is 25.5 Å². The largest absolute Gasteiger partial charge is 0.379 e. The maximum absolute atomic E-state index is 11.8. The van der Waals surface area contributed by atoms with Crippen molar-refractivity contribution in [3.8, 4) is 0 Å². The van der Waals surface area contributed by atoms with E-state index < -0.39 is 0 Å². The van der Waals surface area contributed by atoms with Gasteiger partial charge in [-0.25, -0.2) is 0 Å². The maximum Gasteiger partial charge on any atom is 0.228 e. The lowest BCUT2D eigenvalue weighted by Crippen LogP contribution is -2.26. The van der Waals surface area contributed by atoms with Crippen molar-refractivity contribution < 1.29 is 4.79 Å². The van der Waals surface area contributed by atoms with E-state index in [1.54, 1.807) is 0 Å². The molecule has 0 bridgehead atoms. The van der Waals surface area contributed by atoms with Gasteiger partial charge in [-0.3, -0.25) is 4.79 Å². The third kappa shape index (κ3) is 4.33. The van der Waals surface area contributed by atoms with Gasteiger partial charge in [-0.15, -0.1) is 0 Å². The van der Waals surface area contributed by atoms with Gasteiger partial charge in [0.2, 0.25) is 5.91 Å². The summed E-state index contributed by atoms with van der Waals surface area (Å²) in [6.07, 6.45) is 0. The first kappa shape index (κ1) is 16.0. The van der Waals surface area contributed by atoms with Crippen LogP contribution in [-0.2, 0) is 4.79 Å². The Morgan fingerprint density at radius 2 is 1.59 bits per heavy atom. The molecule has 1 amide bonds. The molecular formula is C18H23N3O. The Balaban J connectivity index is 1.96. The van der Waals surface area contributed by atoms with Gasteiger partial charge in [0.1, 0.15) is 0 Å². The summed E-state index contributed by atoms with van der Waals surface area (Å²) >= 11 is 0. The maximum atomic E-state index is 11.8. The molecule has 0 fully saturated rings. The minimum atomic E-state index is -0.184. The monoisotopic (exact) mass is 297 g/mol. The Hall–Kier alpha value is -2.33. The van der Waals surface area contributed by atoms with Crippen molar-refractivity contribution in [1.29, 1.82) is 0 Å². The van der Waals surface area contributed by atoms with Gasteiger partial charge in [-0.2, -0.15) is 0 Å². The molecule has 2 rings (SSSR count). The Labute approximate surface area is 131 Å². The number of carbonyl (C=O) groups is 1. The summed E-state index contributed by atoms with van der Waals surface area (Å²) in [4.78, 5) is 11.8. The number of anilines is 2. The SMILES string of the molecule is CC(CN)C(=O)Nc1ccc(NC(C)c2ccccc2)cc1. The molecule has 0 aliphatic rings. The number of hydrogen-bond donors (Lipinski definition) is 3. The molecule has 116 valence electrons. The van der Waals surface area contributed by atoms with Crippen molar-refractivity contribution in [3.63, 3.8) is 0 Å². The Morgan fingerprint density at radius 1 is 1.00 bits per heavy atom. The van der Waals surface area contributed by atoms with E-state index >= 15 is 0 Å². The van der Waals surface area contributed by atoms with Crippen molar-refractivity contribution in [1.82, 2.24) is 0 Å². The second-order valence-electron chi connectivity index (χ2n) is 5.48. The van der Waals surface area contributed by atoms with Crippen molar-refractivity contribution in [2.45, 2.75) is 19.9 Å². The second-order valence-corrected chi connectivity index (χ2v) is 5.48. The normalized spacial score (nSPS) is 13.2. The first-order valence-corrected chi connectivity index (χ1v) is 7.52. The molecule has 4 N–H and O–H groups in total. The first-order valence-electron chi connectivity index (χ1n) is 7.52.